The van der Waals surface area contributed by atoms with Crippen molar-refractivity contribution in [2.75, 3.05) is 0 Å². The van der Waals surface area contributed by atoms with E-state index < -0.39 is 5.97 Å². The Bertz CT molecular complexity index is 1100. The fourth-order valence-electron chi connectivity index (χ4n) is 3.53. The first kappa shape index (κ1) is 18.5. The Morgan fingerprint density at radius 1 is 0.448 bits per heavy atom. The monoisotopic (exact) mass is 376 g/mol. The van der Waals surface area contributed by atoms with E-state index in [1.165, 1.54) is 0 Å². The molecule has 0 fully saturated rings. The van der Waals surface area contributed by atoms with Gasteiger partial charge in [0, 0.05) is 0 Å². The third kappa shape index (κ3) is 4.02. The predicted octanol–water partition coefficient (Wildman–Crippen LogP) is 6.39. The van der Waals surface area contributed by atoms with E-state index in [1.807, 2.05) is 60.7 Å². The summed E-state index contributed by atoms with van der Waals surface area (Å²) in [6.07, 6.45) is 0. The van der Waals surface area contributed by atoms with Crippen molar-refractivity contribution in [1.82, 2.24) is 0 Å². The highest BCUT2D eigenvalue weighted by Crippen LogP contribution is 2.36. The Hall–Kier alpha value is -3.91. The molecule has 2 nitrogen and oxygen atoms in total. The quantitative estimate of drug-likeness (QED) is 0.410. The zero-order chi connectivity index (χ0) is 20.1. The molecule has 0 radical (unpaired) electrons. The average Bonchev–Trinajstić information content (AvgIpc) is 2.79. The number of benzene rings is 4. The molecule has 0 aromatic heterocycles. The van der Waals surface area contributed by atoms with Gasteiger partial charge in [-0.2, -0.15) is 0 Å². The van der Waals surface area contributed by atoms with Crippen LogP contribution in [0.1, 0.15) is 32.6 Å². The Morgan fingerprint density at radius 3 is 1.21 bits per heavy atom. The molecular formula is C27H20O2. The van der Waals surface area contributed by atoms with Crippen LogP contribution in [0.5, 0.6) is 0 Å². The van der Waals surface area contributed by atoms with Crippen LogP contribution in [0.15, 0.2) is 115 Å². The summed E-state index contributed by atoms with van der Waals surface area (Å²) < 4.78 is 0. The van der Waals surface area contributed by atoms with Crippen molar-refractivity contribution in [2.45, 2.75) is 0 Å². The Morgan fingerprint density at radius 2 is 0.793 bits per heavy atom. The summed E-state index contributed by atoms with van der Waals surface area (Å²) in [4.78, 5) is 11.6. The SMILES string of the molecule is O=C(O)c1cccc(C(=C(c2ccccc2)c2ccccc2)c2ccccc2)c1. The van der Waals surface area contributed by atoms with Gasteiger partial charge in [0.15, 0.2) is 0 Å². The minimum atomic E-state index is -0.930. The van der Waals surface area contributed by atoms with Crippen molar-refractivity contribution in [1.29, 1.82) is 0 Å². The van der Waals surface area contributed by atoms with E-state index in [1.54, 1.807) is 18.2 Å². The Labute approximate surface area is 170 Å². The second kappa shape index (κ2) is 8.41. The number of hydrogen-bond acceptors (Lipinski definition) is 1. The first-order valence-electron chi connectivity index (χ1n) is 9.48. The number of aromatic carboxylic acids is 1. The molecule has 4 aromatic rings. The highest BCUT2D eigenvalue weighted by atomic mass is 16.4. The van der Waals surface area contributed by atoms with Crippen molar-refractivity contribution in [3.05, 3.63) is 143 Å². The molecule has 4 rings (SSSR count). The molecule has 0 heterocycles. The molecular weight excluding hydrogens is 356 g/mol. The molecule has 0 amide bonds. The molecule has 0 spiro atoms. The molecule has 2 heteroatoms. The maximum Gasteiger partial charge on any atom is 0.335 e. The topological polar surface area (TPSA) is 37.3 Å². The lowest BCUT2D eigenvalue weighted by Gasteiger charge is -2.18. The van der Waals surface area contributed by atoms with Gasteiger partial charge in [0.05, 0.1) is 5.56 Å². The molecule has 0 atom stereocenters. The van der Waals surface area contributed by atoms with Crippen molar-refractivity contribution >= 4 is 17.1 Å². The molecule has 140 valence electrons. The van der Waals surface area contributed by atoms with Crippen LogP contribution in [-0.2, 0) is 0 Å². The van der Waals surface area contributed by atoms with E-state index in [4.69, 9.17) is 0 Å². The fourth-order valence-corrected chi connectivity index (χ4v) is 3.53. The molecule has 1 N–H and O–H groups in total. The first-order valence-corrected chi connectivity index (χ1v) is 9.48. The summed E-state index contributed by atoms with van der Waals surface area (Å²) in [5, 5.41) is 9.52. The number of rotatable bonds is 5. The second-order valence-corrected chi connectivity index (χ2v) is 6.73. The van der Waals surface area contributed by atoms with Gasteiger partial charge in [0.1, 0.15) is 0 Å². The largest absolute Gasteiger partial charge is 0.478 e. The second-order valence-electron chi connectivity index (χ2n) is 6.73. The van der Waals surface area contributed by atoms with Crippen LogP contribution in [0.4, 0.5) is 0 Å². The van der Waals surface area contributed by atoms with Crippen LogP contribution in [0.3, 0.4) is 0 Å². The number of carboxylic acid groups (broad SMARTS) is 1. The normalized spacial score (nSPS) is 10.3. The van der Waals surface area contributed by atoms with Gasteiger partial charge in [0.25, 0.3) is 0 Å². The minimum Gasteiger partial charge on any atom is -0.478 e. The smallest absolute Gasteiger partial charge is 0.335 e. The first-order chi connectivity index (χ1) is 14.2. The molecule has 0 aliphatic carbocycles. The van der Waals surface area contributed by atoms with Gasteiger partial charge in [-0.15, -0.1) is 0 Å². The summed E-state index contributed by atoms with van der Waals surface area (Å²) in [6, 6.07) is 37.7. The standard InChI is InChI=1S/C27H20O2/c28-27(29)24-18-10-17-23(19-24)26(22-15-8-3-9-16-22)25(20-11-4-1-5-12-20)21-13-6-2-7-14-21/h1-19H,(H,28,29). The van der Waals surface area contributed by atoms with Crippen molar-refractivity contribution < 1.29 is 9.90 Å². The number of hydrogen-bond donors (Lipinski definition) is 1. The molecule has 0 aliphatic rings. The molecule has 29 heavy (non-hydrogen) atoms. The molecule has 0 unspecified atom stereocenters. The van der Waals surface area contributed by atoms with Crippen LogP contribution in [0.25, 0.3) is 11.1 Å². The summed E-state index contributed by atoms with van der Waals surface area (Å²) >= 11 is 0. The zero-order valence-corrected chi connectivity index (χ0v) is 15.8. The van der Waals surface area contributed by atoms with Crippen molar-refractivity contribution in [2.24, 2.45) is 0 Å². The summed E-state index contributed by atoms with van der Waals surface area (Å²) in [5.41, 5.74) is 6.43. The van der Waals surface area contributed by atoms with Gasteiger partial charge in [0.2, 0.25) is 0 Å². The lowest BCUT2D eigenvalue weighted by Crippen LogP contribution is -2.00. The zero-order valence-electron chi connectivity index (χ0n) is 15.8. The van der Waals surface area contributed by atoms with Gasteiger partial charge in [-0.25, -0.2) is 4.79 Å². The fraction of sp³-hybridized carbons (Fsp3) is 0. The summed E-state index contributed by atoms with van der Waals surface area (Å²) in [6.45, 7) is 0. The predicted molar refractivity (Wildman–Crippen MR) is 118 cm³/mol. The highest BCUT2D eigenvalue weighted by Gasteiger charge is 2.17. The lowest BCUT2D eigenvalue weighted by molar-refractivity contribution is 0.0697. The van der Waals surface area contributed by atoms with Crippen LogP contribution < -0.4 is 0 Å². The molecule has 0 aliphatic heterocycles. The Kier molecular flexibility index (Phi) is 5.35. The van der Waals surface area contributed by atoms with Gasteiger partial charge < -0.3 is 5.11 Å². The minimum absolute atomic E-state index is 0.274. The van der Waals surface area contributed by atoms with Gasteiger partial charge in [-0.1, -0.05) is 103 Å². The molecule has 4 aromatic carbocycles. The lowest BCUT2D eigenvalue weighted by atomic mass is 9.85. The maximum absolute atomic E-state index is 11.6. The van der Waals surface area contributed by atoms with Crippen molar-refractivity contribution in [3.8, 4) is 0 Å². The van der Waals surface area contributed by atoms with Crippen LogP contribution in [0, 0.1) is 0 Å². The van der Waals surface area contributed by atoms with Gasteiger partial charge in [-0.05, 0) is 45.5 Å². The average molecular weight is 376 g/mol. The summed E-state index contributed by atoms with van der Waals surface area (Å²) in [5.74, 6) is -0.930. The van der Waals surface area contributed by atoms with Crippen LogP contribution in [-0.4, -0.2) is 11.1 Å². The van der Waals surface area contributed by atoms with Gasteiger partial charge >= 0.3 is 5.97 Å². The third-order valence-electron chi connectivity index (χ3n) is 4.84. The van der Waals surface area contributed by atoms with Crippen LogP contribution >= 0.6 is 0 Å². The van der Waals surface area contributed by atoms with E-state index in [-0.39, 0.29) is 5.56 Å². The van der Waals surface area contributed by atoms with E-state index in [0.717, 1.165) is 33.4 Å². The number of carbonyl (C=O) groups is 1. The molecule has 0 saturated heterocycles. The van der Waals surface area contributed by atoms with Crippen LogP contribution in [0.2, 0.25) is 0 Å². The molecule has 0 bridgehead atoms. The van der Waals surface area contributed by atoms with Gasteiger partial charge in [-0.3, -0.25) is 0 Å². The van der Waals surface area contributed by atoms with E-state index >= 15 is 0 Å². The summed E-state index contributed by atoms with van der Waals surface area (Å²) in [7, 11) is 0. The van der Waals surface area contributed by atoms with E-state index in [0.29, 0.717) is 0 Å². The highest BCUT2D eigenvalue weighted by molar-refractivity contribution is 6.05. The number of carboxylic acids is 1. The Balaban J connectivity index is 2.10. The maximum atomic E-state index is 11.6. The van der Waals surface area contributed by atoms with Crippen molar-refractivity contribution in [3.63, 3.8) is 0 Å². The van der Waals surface area contributed by atoms with E-state index in [9.17, 15) is 9.90 Å². The molecule has 0 saturated carbocycles. The van der Waals surface area contributed by atoms with E-state index in [2.05, 4.69) is 36.4 Å². The third-order valence-corrected chi connectivity index (χ3v) is 4.84.